The molecule has 0 radical (unpaired) electrons. The van der Waals surface area contributed by atoms with Crippen molar-refractivity contribution in [1.82, 2.24) is 14.6 Å². The van der Waals surface area contributed by atoms with Crippen LogP contribution >= 0.6 is 0 Å². The Kier molecular flexibility index (Phi) is 10.1. The number of hydrogen-bond acceptors (Lipinski definition) is 5. The van der Waals surface area contributed by atoms with Crippen molar-refractivity contribution >= 4 is 13.0 Å². The number of piperidine rings is 1. The maximum atomic E-state index is 13.7. The van der Waals surface area contributed by atoms with E-state index in [4.69, 9.17) is 4.74 Å². The predicted molar refractivity (Wildman–Crippen MR) is 156 cm³/mol. The van der Waals surface area contributed by atoms with E-state index >= 15 is 0 Å². The molecule has 0 spiro atoms. The molecule has 0 aliphatic carbocycles. The average Bonchev–Trinajstić information content (AvgIpc) is 2.92. The maximum absolute atomic E-state index is 13.7. The van der Waals surface area contributed by atoms with Crippen molar-refractivity contribution in [1.29, 1.82) is 0 Å². The number of hydrogen-bond donors (Lipinski definition) is 1. The molecule has 1 unspecified atom stereocenters. The Hall–Kier alpha value is -2.56. The lowest BCUT2D eigenvalue weighted by Gasteiger charge is -2.50. The van der Waals surface area contributed by atoms with Gasteiger partial charge in [-0.3, -0.25) is 9.69 Å². The highest BCUT2D eigenvalue weighted by molar-refractivity contribution is 6.45. The summed E-state index contributed by atoms with van der Waals surface area (Å²) < 4.78 is 42.9. The maximum Gasteiger partial charge on any atom is 0.422 e. The van der Waals surface area contributed by atoms with Crippen LogP contribution in [0.1, 0.15) is 57.2 Å². The normalized spacial score (nSPS) is 20.6. The van der Waals surface area contributed by atoms with Crippen molar-refractivity contribution in [3.05, 3.63) is 65.7 Å². The Morgan fingerprint density at radius 3 is 2.15 bits per heavy atom. The van der Waals surface area contributed by atoms with Gasteiger partial charge in [0.25, 0.3) is 0 Å². The second kappa shape index (κ2) is 13.2. The zero-order chi connectivity index (χ0) is 29.8. The fraction of sp³-hybridized carbons (Fsp3) is 0.581. The standard InChI is InChI=1S/C31H43BF3N3O3/c1-30(2,3)27-21-36(18-19-38(27)28(39)20-23-14-16-37(17-15-23)32(4)40)29(24-8-6-5-7-9-24)25-10-12-26(13-11-25)41-22-31(33,34)35/h5-13,23,27,29,40H,14-22H2,1-4H3/t27-,29?/m1/s1. The quantitative estimate of drug-likeness (QED) is 0.424. The third-order valence-corrected chi connectivity index (χ3v) is 8.45. The van der Waals surface area contributed by atoms with Gasteiger partial charge in [-0.2, -0.15) is 13.2 Å². The van der Waals surface area contributed by atoms with Crippen LogP contribution in [0.2, 0.25) is 6.82 Å². The summed E-state index contributed by atoms with van der Waals surface area (Å²) in [6.07, 6.45) is -2.04. The minimum Gasteiger partial charge on any atom is -0.484 e. The number of alkyl halides is 3. The van der Waals surface area contributed by atoms with E-state index in [0.717, 1.165) is 37.1 Å². The molecule has 2 aromatic carbocycles. The van der Waals surface area contributed by atoms with E-state index < -0.39 is 19.8 Å². The van der Waals surface area contributed by atoms with E-state index in [0.29, 0.717) is 32.0 Å². The molecule has 0 aromatic heterocycles. The zero-order valence-corrected chi connectivity index (χ0v) is 24.6. The van der Waals surface area contributed by atoms with Crippen LogP contribution in [0.25, 0.3) is 0 Å². The van der Waals surface area contributed by atoms with Crippen LogP contribution in [0.3, 0.4) is 0 Å². The number of amides is 1. The molecule has 1 amide bonds. The lowest BCUT2D eigenvalue weighted by atomic mass is 9.80. The third kappa shape index (κ3) is 8.49. The number of halogens is 3. The van der Waals surface area contributed by atoms with Crippen LogP contribution in [0.5, 0.6) is 5.75 Å². The summed E-state index contributed by atoms with van der Waals surface area (Å²) >= 11 is 0. The van der Waals surface area contributed by atoms with Crippen molar-refractivity contribution in [2.24, 2.45) is 11.3 Å². The molecule has 0 saturated carbocycles. The van der Waals surface area contributed by atoms with E-state index in [-0.39, 0.29) is 29.2 Å². The third-order valence-electron chi connectivity index (χ3n) is 8.45. The molecule has 2 saturated heterocycles. The summed E-state index contributed by atoms with van der Waals surface area (Å²) in [7, 11) is -0.453. The second-order valence-corrected chi connectivity index (χ2v) is 12.6. The number of ether oxygens (including phenoxy) is 1. The molecule has 2 aliphatic heterocycles. The highest BCUT2D eigenvalue weighted by atomic mass is 19.4. The average molecular weight is 574 g/mol. The molecule has 41 heavy (non-hydrogen) atoms. The highest BCUT2D eigenvalue weighted by Crippen LogP contribution is 2.36. The van der Waals surface area contributed by atoms with Crippen molar-refractivity contribution < 1.29 is 27.7 Å². The molecule has 2 atom stereocenters. The second-order valence-electron chi connectivity index (χ2n) is 12.6. The van der Waals surface area contributed by atoms with Crippen molar-refractivity contribution in [3.8, 4) is 5.75 Å². The van der Waals surface area contributed by atoms with Crippen LogP contribution in [-0.2, 0) is 4.79 Å². The van der Waals surface area contributed by atoms with Gasteiger partial charge < -0.3 is 19.5 Å². The van der Waals surface area contributed by atoms with E-state index in [1.54, 1.807) is 19.0 Å². The first kappa shape index (κ1) is 31.4. The molecule has 0 bridgehead atoms. The number of nitrogens with zero attached hydrogens (tertiary/aromatic N) is 3. The summed E-state index contributed by atoms with van der Waals surface area (Å²) in [6, 6.07) is 16.9. The monoisotopic (exact) mass is 573 g/mol. The van der Waals surface area contributed by atoms with Gasteiger partial charge in [0.2, 0.25) is 5.91 Å². The van der Waals surface area contributed by atoms with E-state index in [2.05, 4.69) is 47.5 Å². The lowest BCUT2D eigenvalue weighted by molar-refractivity contribution is -0.153. The van der Waals surface area contributed by atoms with Crippen LogP contribution in [-0.4, -0.2) is 84.1 Å². The molecule has 2 aromatic rings. The van der Waals surface area contributed by atoms with Gasteiger partial charge in [0.15, 0.2) is 6.61 Å². The molecule has 6 nitrogen and oxygen atoms in total. The summed E-state index contributed by atoms with van der Waals surface area (Å²) in [5, 5.41) is 9.87. The summed E-state index contributed by atoms with van der Waals surface area (Å²) in [4.78, 5) is 20.2. The SMILES string of the molecule is CB(O)N1CCC(CC(=O)N2CCN(C(c3ccccc3)c3ccc(OCC(F)(F)F)cc3)C[C@@H]2C(C)(C)C)CC1. The molecule has 2 aliphatic rings. The molecule has 10 heteroatoms. The van der Waals surface area contributed by atoms with Gasteiger partial charge in [0.1, 0.15) is 5.75 Å². The summed E-state index contributed by atoms with van der Waals surface area (Å²) in [5.74, 6) is 0.703. The van der Waals surface area contributed by atoms with Gasteiger partial charge in [0, 0.05) is 32.1 Å². The lowest BCUT2D eigenvalue weighted by Crippen LogP contribution is -2.60. The molecule has 2 fully saturated rings. The van der Waals surface area contributed by atoms with Crippen LogP contribution in [0.15, 0.2) is 54.6 Å². The van der Waals surface area contributed by atoms with E-state index in [9.17, 15) is 23.0 Å². The van der Waals surface area contributed by atoms with Gasteiger partial charge in [0.05, 0.1) is 6.04 Å². The van der Waals surface area contributed by atoms with Crippen molar-refractivity contribution in [2.45, 2.75) is 65.1 Å². The fourth-order valence-corrected chi connectivity index (χ4v) is 6.13. The van der Waals surface area contributed by atoms with Gasteiger partial charge >= 0.3 is 13.2 Å². The first-order valence-electron chi connectivity index (χ1n) is 14.6. The molecule has 224 valence electrons. The van der Waals surface area contributed by atoms with Gasteiger partial charge in [-0.15, -0.1) is 0 Å². The number of carbonyl (C=O) groups excluding carboxylic acids is 1. The van der Waals surface area contributed by atoms with E-state index in [1.807, 2.05) is 30.3 Å². The topological polar surface area (TPSA) is 56.2 Å². The van der Waals surface area contributed by atoms with Gasteiger partial charge in [-0.05, 0) is 67.3 Å². The van der Waals surface area contributed by atoms with Crippen LogP contribution in [0, 0.1) is 11.3 Å². The smallest absolute Gasteiger partial charge is 0.422 e. The first-order valence-corrected chi connectivity index (χ1v) is 14.6. The summed E-state index contributed by atoms with van der Waals surface area (Å²) in [5.41, 5.74) is 1.90. The molecular formula is C31H43BF3N3O3. The van der Waals surface area contributed by atoms with Crippen molar-refractivity contribution in [2.75, 3.05) is 39.3 Å². The number of rotatable bonds is 8. The minimum atomic E-state index is -4.39. The van der Waals surface area contributed by atoms with Crippen LogP contribution in [0.4, 0.5) is 13.2 Å². The van der Waals surface area contributed by atoms with E-state index in [1.165, 1.54) is 0 Å². The number of carbonyl (C=O) groups is 1. The van der Waals surface area contributed by atoms with Gasteiger partial charge in [-0.1, -0.05) is 63.2 Å². The van der Waals surface area contributed by atoms with Crippen molar-refractivity contribution in [3.63, 3.8) is 0 Å². The molecule has 1 N–H and O–H groups in total. The number of piperazine rings is 1. The highest BCUT2D eigenvalue weighted by Gasteiger charge is 2.41. The Bertz CT molecular complexity index is 1120. The predicted octanol–water partition coefficient (Wildman–Crippen LogP) is 5.49. The molecule has 2 heterocycles. The minimum absolute atomic E-state index is 0.00177. The molecular weight excluding hydrogens is 530 g/mol. The Morgan fingerprint density at radius 2 is 1.59 bits per heavy atom. The Morgan fingerprint density at radius 1 is 0.976 bits per heavy atom. The Labute approximate surface area is 242 Å². The first-order chi connectivity index (χ1) is 19.3. The Balaban J connectivity index is 1.51. The summed E-state index contributed by atoms with van der Waals surface area (Å²) in [6.45, 7) is 10.6. The fourth-order valence-electron chi connectivity index (χ4n) is 6.13. The number of benzene rings is 2. The van der Waals surface area contributed by atoms with Crippen LogP contribution < -0.4 is 4.74 Å². The molecule has 4 rings (SSSR count). The zero-order valence-electron chi connectivity index (χ0n) is 24.6. The van der Waals surface area contributed by atoms with Gasteiger partial charge in [-0.25, -0.2) is 0 Å². The largest absolute Gasteiger partial charge is 0.484 e.